The predicted molar refractivity (Wildman–Crippen MR) is 73.3 cm³/mol. The van der Waals surface area contributed by atoms with Crippen molar-refractivity contribution in [1.82, 2.24) is 19.7 Å². The second-order valence-electron chi connectivity index (χ2n) is 3.90. The molecular weight excluding hydrogens is 347 g/mol. The highest BCUT2D eigenvalue weighted by molar-refractivity contribution is 14.1. The van der Waals surface area contributed by atoms with Crippen LogP contribution in [0, 0.1) is 10.5 Å². The van der Waals surface area contributed by atoms with Gasteiger partial charge in [-0.15, -0.1) is 0 Å². The third-order valence-electron chi connectivity index (χ3n) is 2.48. The smallest absolute Gasteiger partial charge is 0.267 e. The maximum atomic E-state index is 12.0. The minimum Gasteiger partial charge on any atom is -0.339 e. The van der Waals surface area contributed by atoms with Gasteiger partial charge in [0.1, 0.15) is 5.82 Å². The molecule has 0 aliphatic rings. The van der Waals surface area contributed by atoms with Crippen LogP contribution in [0.15, 0.2) is 15.5 Å². The number of aryl methyl sites for hydroxylation is 2. The van der Waals surface area contributed by atoms with Crippen molar-refractivity contribution in [3.8, 4) is 0 Å². The average molecular weight is 360 g/mol. The normalized spacial score (nSPS) is 10.8. The minimum atomic E-state index is -0.0788. The molecule has 0 saturated carbocycles. The highest BCUT2D eigenvalue weighted by Gasteiger charge is 2.10. The molecule has 0 bridgehead atoms. The maximum absolute atomic E-state index is 12.0. The molecule has 0 aliphatic carbocycles. The molecule has 0 unspecified atom stereocenters. The number of rotatable bonds is 4. The van der Waals surface area contributed by atoms with Gasteiger partial charge in [-0.05, 0) is 35.9 Å². The third kappa shape index (κ3) is 2.77. The van der Waals surface area contributed by atoms with Crippen LogP contribution in [-0.4, -0.2) is 19.7 Å². The Hall–Kier alpha value is -1.25. The van der Waals surface area contributed by atoms with E-state index >= 15 is 0 Å². The molecule has 0 spiro atoms. The van der Waals surface area contributed by atoms with Gasteiger partial charge in [-0.2, -0.15) is 4.98 Å². The zero-order valence-corrected chi connectivity index (χ0v) is 12.3. The Morgan fingerprint density at radius 2 is 2.28 bits per heavy atom. The summed E-state index contributed by atoms with van der Waals surface area (Å²) in [7, 11) is 0. The highest BCUT2D eigenvalue weighted by atomic mass is 127. The lowest BCUT2D eigenvalue weighted by Crippen LogP contribution is -2.26. The van der Waals surface area contributed by atoms with Crippen LogP contribution >= 0.6 is 22.6 Å². The van der Waals surface area contributed by atoms with Crippen LogP contribution in [0.3, 0.4) is 0 Å². The second kappa shape index (κ2) is 5.59. The average Bonchev–Trinajstić information content (AvgIpc) is 2.78. The van der Waals surface area contributed by atoms with Gasteiger partial charge in [-0.3, -0.25) is 9.36 Å². The first-order valence-corrected chi connectivity index (χ1v) is 6.73. The van der Waals surface area contributed by atoms with E-state index < -0.39 is 0 Å². The maximum Gasteiger partial charge on any atom is 0.267 e. The Balaban J connectivity index is 2.28. The van der Waals surface area contributed by atoms with E-state index in [1.807, 2.05) is 29.5 Å². The Labute approximate surface area is 118 Å². The molecule has 0 amide bonds. The molecule has 2 heterocycles. The first-order chi connectivity index (χ1) is 8.61. The minimum absolute atomic E-state index is 0.0788. The summed E-state index contributed by atoms with van der Waals surface area (Å²) < 4.78 is 7.21. The fourth-order valence-electron chi connectivity index (χ4n) is 1.55. The number of hydrogen-bond donors (Lipinski definition) is 0. The lowest BCUT2D eigenvalue weighted by molar-refractivity contribution is 0.370. The summed E-state index contributed by atoms with van der Waals surface area (Å²) in [6.07, 6.45) is 3.27. The van der Waals surface area contributed by atoms with E-state index in [0.717, 1.165) is 12.8 Å². The molecule has 0 aromatic carbocycles. The summed E-state index contributed by atoms with van der Waals surface area (Å²) in [5, 5.41) is 3.87. The van der Waals surface area contributed by atoms with Gasteiger partial charge in [-0.25, -0.2) is 4.98 Å². The van der Waals surface area contributed by atoms with Gasteiger partial charge in [-0.1, -0.05) is 12.1 Å². The van der Waals surface area contributed by atoms with Crippen molar-refractivity contribution in [3.05, 3.63) is 37.7 Å². The van der Waals surface area contributed by atoms with Crippen LogP contribution in [-0.2, 0) is 13.0 Å². The van der Waals surface area contributed by atoms with E-state index in [0.29, 0.717) is 27.7 Å². The second-order valence-corrected chi connectivity index (χ2v) is 5.06. The van der Waals surface area contributed by atoms with Crippen LogP contribution in [0.2, 0.25) is 0 Å². The molecular formula is C11H13IN4O2. The van der Waals surface area contributed by atoms with E-state index in [4.69, 9.17) is 4.52 Å². The predicted octanol–water partition coefficient (Wildman–Crippen LogP) is 1.54. The monoisotopic (exact) mass is 360 g/mol. The van der Waals surface area contributed by atoms with E-state index in [-0.39, 0.29) is 5.56 Å². The molecule has 0 N–H and O–H groups in total. The van der Waals surface area contributed by atoms with Crippen molar-refractivity contribution >= 4 is 22.6 Å². The van der Waals surface area contributed by atoms with Crippen LogP contribution in [0.4, 0.5) is 0 Å². The zero-order valence-electron chi connectivity index (χ0n) is 10.2. The number of halogens is 1. The molecule has 0 fully saturated rings. The van der Waals surface area contributed by atoms with Crippen LogP contribution in [0.25, 0.3) is 0 Å². The molecule has 6 nitrogen and oxygen atoms in total. The topological polar surface area (TPSA) is 73.8 Å². The standard InChI is InChI=1S/C11H13IN4O2/c1-3-4-10-14-9(15-18-10)6-16-7(2)13-5-8(12)11(16)17/h5H,3-4,6H2,1-2H3. The fourth-order valence-corrected chi connectivity index (χ4v) is 1.98. The van der Waals surface area contributed by atoms with Crippen LogP contribution < -0.4 is 5.56 Å². The molecule has 0 saturated heterocycles. The molecule has 7 heteroatoms. The summed E-state index contributed by atoms with van der Waals surface area (Å²) in [5.74, 6) is 1.76. The Kier molecular flexibility index (Phi) is 4.10. The summed E-state index contributed by atoms with van der Waals surface area (Å²) >= 11 is 1.97. The van der Waals surface area contributed by atoms with Crippen molar-refractivity contribution < 1.29 is 4.52 Å². The summed E-state index contributed by atoms with van der Waals surface area (Å²) in [6, 6.07) is 0. The molecule has 2 aromatic heterocycles. The zero-order chi connectivity index (χ0) is 13.1. The third-order valence-corrected chi connectivity index (χ3v) is 3.22. The first-order valence-electron chi connectivity index (χ1n) is 5.65. The Morgan fingerprint density at radius 1 is 1.50 bits per heavy atom. The van der Waals surface area contributed by atoms with Crippen molar-refractivity contribution in [2.24, 2.45) is 0 Å². The van der Waals surface area contributed by atoms with Crippen molar-refractivity contribution in [2.75, 3.05) is 0 Å². The molecule has 0 atom stereocenters. The van der Waals surface area contributed by atoms with E-state index in [2.05, 4.69) is 15.1 Å². The molecule has 0 radical (unpaired) electrons. The molecule has 96 valence electrons. The van der Waals surface area contributed by atoms with Gasteiger partial charge in [0.25, 0.3) is 5.56 Å². The molecule has 18 heavy (non-hydrogen) atoms. The summed E-state index contributed by atoms with van der Waals surface area (Å²) in [5.41, 5.74) is -0.0788. The van der Waals surface area contributed by atoms with Crippen LogP contribution in [0.1, 0.15) is 30.9 Å². The number of hydrogen-bond acceptors (Lipinski definition) is 5. The largest absolute Gasteiger partial charge is 0.339 e. The van der Waals surface area contributed by atoms with Gasteiger partial charge in [0.05, 0.1) is 10.1 Å². The van der Waals surface area contributed by atoms with Gasteiger partial charge >= 0.3 is 0 Å². The summed E-state index contributed by atoms with van der Waals surface area (Å²) in [6.45, 7) is 4.12. The van der Waals surface area contributed by atoms with Crippen molar-refractivity contribution in [2.45, 2.75) is 33.2 Å². The number of nitrogens with zero attached hydrogens (tertiary/aromatic N) is 4. The lowest BCUT2D eigenvalue weighted by atomic mass is 10.3. The SMILES string of the molecule is CCCc1nc(Cn2c(C)ncc(I)c2=O)no1. The fraction of sp³-hybridized carbons (Fsp3) is 0.455. The van der Waals surface area contributed by atoms with Crippen molar-refractivity contribution in [1.29, 1.82) is 0 Å². The van der Waals surface area contributed by atoms with Gasteiger partial charge < -0.3 is 4.52 Å². The van der Waals surface area contributed by atoms with Gasteiger partial charge in [0, 0.05) is 12.6 Å². The van der Waals surface area contributed by atoms with Crippen molar-refractivity contribution in [3.63, 3.8) is 0 Å². The highest BCUT2D eigenvalue weighted by Crippen LogP contribution is 2.04. The van der Waals surface area contributed by atoms with E-state index in [9.17, 15) is 4.79 Å². The Bertz CT molecular complexity index is 605. The molecule has 0 aliphatic heterocycles. The van der Waals surface area contributed by atoms with Gasteiger partial charge in [0.2, 0.25) is 5.89 Å². The quantitative estimate of drug-likeness (QED) is 0.774. The molecule has 2 rings (SSSR count). The lowest BCUT2D eigenvalue weighted by Gasteiger charge is -2.05. The first kappa shape index (κ1) is 13.2. The molecule has 2 aromatic rings. The summed E-state index contributed by atoms with van der Waals surface area (Å²) in [4.78, 5) is 20.3. The van der Waals surface area contributed by atoms with E-state index in [1.165, 1.54) is 0 Å². The number of aromatic nitrogens is 4. The van der Waals surface area contributed by atoms with E-state index in [1.54, 1.807) is 17.7 Å². The van der Waals surface area contributed by atoms with Gasteiger partial charge in [0.15, 0.2) is 5.82 Å². The Morgan fingerprint density at radius 3 is 3.00 bits per heavy atom. The van der Waals surface area contributed by atoms with Crippen LogP contribution in [0.5, 0.6) is 0 Å².